The van der Waals surface area contributed by atoms with E-state index in [2.05, 4.69) is 0 Å². The summed E-state index contributed by atoms with van der Waals surface area (Å²) in [4.78, 5) is 12.2. The second kappa shape index (κ2) is 7.64. The Bertz CT molecular complexity index is 167. The number of nitrogens with two attached hydrogens (primary N) is 1. The van der Waals surface area contributed by atoms with Gasteiger partial charge in [0.25, 0.3) is 6.43 Å². The lowest BCUT2D eigenvalue weighted by atomic mass is 10.2. The molecule has 0 unspecified atom stereocenters. The highest BCUT2D eigenvalue weighted by molar-refractivity contribution is 5.76. The third kappa shape index (κ3) is 5.82. The molecule has 84 valence electrons. The lowest BCUT2D eigenvalue weighted by Crippen LogP contribution is -2.37. The van der Waals surface area contributed by atoms with E-state index in [1.54, 1.807) is 0 Å². The Morgan fingerprint density at radius 2 is 2.14 bits per heavy atom. The highest BCUT2D eigenvalue weighted by Crippen LogP contribution is 2.02. The fraction of sp³-hybridized carbons (Fsp3) is 0.875. The average Bonchev–Trinajstić information content (AvgIpc) is 2.13. The first-order valence-corrected chi connectivity index (χ1v) is 4.48. The van der Waals surface area contributed by atoms with Crippen molar-refractivity contribution >= 4 is 5.91 Å². The van der Waals surface area contributed by atoms with Gasteiger partial charge in [0.1, 0.15) is 0 Å². The van der Waals surface area contributed by atoms with Crippen molar-refractivity contribution in [3.63, 3.8) is 0 Å². The molecule has 0 aliphatic carbocycles. The summed E-state index contributed by atoms with van der Waals surface area (Å²) in [6.45, 7) is -0.619. The van der Waals surface area contributed by atoms with E-state index in [9.17, 15) is 13.6 Å². The van der Waals surface area contributed by atoms with Crippen LogP contribution in [-0.2, 0) is 4.79 Å². The fourth-order valence-electron chi connectivity index (χ4n) is 1.02. The Balaban J connectivity index is 3.97. The normalized spacial score (nSPS) is 10.6. The second-order valence-electron chi connectivity index (χ2n) is 2.85. The molecule has 0 bridgehead atoms. The number of halogens is 2. The smallest absolute Gasteiger partial charge is 0.255 e. The van der Waals surface area contributed by atoms with Crippen molar-refractivity contribution in [2.75, 3.05) is 26.2 Å². The largest absolute Gasteiger partial charge is 0.395 e. The summed E-state index contributed by atoms with van der Waals surface area (Å²) in [5, 5.41) is 8.56. The minimum atomic E-state index is -2.57. The van der Waals surface area contributed by atoms with Crippen molar-refractivity contribution in [2.45, 2.75) is 19.3 Å². The minimum absolute atomic E-state index is 0.0479. The summed E-state index contributed by atoms with van der Waals surface area (Å²) in [5.74, 6) is -0.384. The predicted octanol–water partition coefficient (Wildman–Crippen LogP) is -0.189. The van der Waals surface area contributed by atoms with Crippen molar-refractivity contribution in [3.8, 4) is 0 Å². The first kappa shape index (κ1) is 13.2. The molecule has 0 radical (unpaired) electrons. The monoisotopic (exact) mass is 210 g/mol. The summed E-state index contributed by atoms with van der Waals surface area (Å²) in [5.41, 5.74) is 5.18. The Labute approximate surface area is 81.7 Å². The third-order valence-electron chi connectivity index (χ3n) is 1.68. The lowest BCUT2D eigenvalue weighted by Gasteiger charge is -2.20. The van der Waals surface area contributed by atoms with Crippen molar-refractivity contribution in [3.05, 3.63) is 0 Å². The number of alkyl halides is 2. The molecule has 0 fully saturated rings. The fourth-order valence-corrected chi connectivity index (χ4v) is 1.02. The number of carbonyl (C=O) groups excluding carboxylic acids is 1. The van der Waals surface area contributed by atoms with Gasteiger partial charge in [0.2, 0.25) is 5.91 Å². The third-order valence-corrected chi connectivity index (χ3v) is 1.68. The van der Waals surface area contributed by atoms with Gasteiger partial charge in [-0.1, -0.05) is 0 Å². The zero-order valence-corrected chi connectivity index (χ0v) is 7.96. The molecule has 0 aromatic rings. The zero-order valence-electron chi connectivity index (χ0n) is 7.96. The van der Waals surface area contributed by atoms with E-state index in [0.29, 0.717) is 13.0 Å². The van der Waals surface area contributed by atoms with Crippen LogP contribution in [0.2, 0.25) is 0 Å². The molecule has 0 heterocycles. The van der Waals surface area contributed by atoms with Crippen LogP contribution < -0.4 is 5.73 Å². The average molecular weight is 210 g/mol. The molecule has 0 spiro atoms. The van der Waals surface area contributed by atoms with Gasteiger partial charge in [-0.3, -0.25) is 4.79 Å². The molecule has 0 aromatic heterocycles. The topological polar surface area (TPSA) is 66.6 Å². The van der Waals surface area contributed by atoms with Gasteiger partial charge < -0.3 is 15.7 Å². The van der Waals surface area contributed by atoms with Crippen LogP contribution in [0.15, 0.2) is 0 Å². The molecule has 0 aliphatic heterocycles. The maximum Gasteiger partial charge on any atom is 0.255 e. The van der Waals surface area contributed by atoms with Crippen LogP contribution in [0.5, 0.6) is 0 Å². The molecule has 0 saturated heterocycles. The molecule has 6 heteroatoms. The van der Waals surface area contributed by atoms with Crippen LogP contribution in [0, 0.1) is 0 Å². The Morgan fingerprint density at radius 3 is 2.57 bits per heavy atom. The second-order valence-corrected chi connectivity index (χ2v) is 2.85. The summed E-state index contributed by atoms with van der Waals surface area (Å²) in [7, 11) is 0. The quantitative estimate of drug-likeness (QED) is 0.612. The zero-order chi connectivity index (χ0) is 11.0. The maximum absolute atomic E-state index is 12.0. The van der Waals surface area contributed by atoms with Gasteiger partial charge >= 0.3 is 0 Å². The Morgan fingerprint density at radius 1 is 1.50 bits per heavy atom. The van der Waals surface area contributed by atoms with Crippen molar-refractivity contribution < 1.29 is 18.7 Å². The van der Waals surface area contributed by atoms with E-state index in [0.717, 1.165) is 4.90 Å². The molecule has 4 nitrogen and oxygen atoms in total. The lowest BCUT2D eigenvalue weighted by molar-refractivity contribution is -0.133. The van der Waals surface area contributed by atoms with Crippen LogP contribution in [-0.4, -0.2) is 48.6 Å². The van der Waals surface area contributed by atoms with Crippen LogP contribution in [0.1, 0.15) is 12.8 Å². The van der Waals surface area contributed by atoms with Gasteiger partial charge in [-0.15, -0.1) is 0 Å². The van der Waals surface area contributed by atoms with Crippen LogP contribution in [0.3, 0.4) is 0 Å². The summed E-state index contributed by atoms with van der Waals surface area (Å²) >= 11 is 0. The number of hydrogen-bond acceptors (Lipinski definition) is 3. The van der Waals surface area contributed by atoms with Crippen LogP contribution >= 0.6 is 0 Å². The number of carbonyl (C=O) groups is 1. The Kier molecular flexibility index (Phi) is 7.23. The Hall–Kier alpha value is -0.750. The van der Waals surface area contributed by atoms with Crippen LogP contribution in [0.25, 0.3) is 0 Å². The SMILES string of the molecule is NCCCC(=O)N(CCO)CC(F)F. The van der Waals surface area contributed by atoms with Crippen molar-refractivity contribution in [2.24, 2.45) is 5.73 Å². The molecule has 3 N–H and O–H groups in total. The molecule has 0 atom stereocenters. The highest BCUT2D eigenvalue weighted by atomic mass is 19.3. The number of hydrogen-bond donors (Lipinski definition) is 2. The first-order chi connectivity index (χ1) is 6.61. The minimum Gasteiger partial charge on any atom is -0.395 e. The molecule has 0 aliphatic rings. The van der Waals surface area contributed by atoms with Gasteiger partial charge in [-0.25, -0.2) is 8.78 Å². The molecule has 1 amide bonds. The van der Waals surface area contributed by atoms with Crippen LogP contribution in [0.4, 0.5) is 8.78 Å². The highest BCUT2D eigenvalue weighted by Gasteiger charge is 2.16. The van der Waals surface area contributed by atoms with E-state index in [4.69, 9.17) is 10.8 Å². The number of rotatable bonds is 7. The van der Waals surface area contributed by atoms with Gasteiger partial charge in [0, 0.05) is 13.0 Å². The van der Waals surface area contributed by atoms with Crippen molar-refractivity contribution in [1.29, 1.82) is 0 Å². The molecule has 0 aromatic carbocycles. The van der Waals surface area contributed by atoms with E-state index in [1.807, 2.05) is 0 Å². The number of aliphatic hydroxyl groups is 1. The molecule has 14 heavy (non-hydrogen) atoms. The van der Waals surface area contributed by atoms with Gasteiger partial charge in [0.05, 0.1) is 13.2 Å². The van der Waals surface area contributed by atoms with Gasteiger partial charge in [-0.2, -0.15) is 0 Å². The van der Waals surface area contributed by atoms with E-state index in [1.165, 1.54) is 0 Å². The summed E-state index contributed by atoms with van der Waals surface area (Å²) in [6, 6.07) is 0. The molecular formula is C8H16F2N2O2. The summed E-state index contributed by atoms with van der Waals surface area (Å²) < 4.78 is 24.0. The first-order valence-electron chi connectivity index (χ1n) is 4.48. The number of nitrogens with zero attached hydrogens (tertiary/aromatic N) is 1. The predicted molar refractivity (Wildman–Crippen MR) is 48.0 cm³/mol. The number of amides is 1. The van der Waals surface area contributed by atoms with Gasteiger partial charge in [-0.05, 0) is 13.0 Å². The standard InChI is InChI=1S/C8H16F2N2O2/c9-7(10)6-12(4-5-13)8(14)2-1-3-11/h7,13H,1-6,11H2. The summed E-state index contributed by atoms with van der Waals surface area (Å²) in [6.07, 6.45) is -1.93. The molecule has 0 rings (SSSR count). The van der Waals surface area contributed by atoms with E-state index < -0.39 is 13.0 Å². The molecule has 0 saturated carbocycles. The van der Waals surface area contributed by atoms with Gasteiger partial charge in [0.15, 0.2) is 0 Å². The number of aliphatic hydroxyl groups excluding tert-OH is 1. The van der Waals surface area contributed by atoms with Crippen molar-refractivity contribution in [1.82, 2.24) is 4.90 Å². The van der Waals surface area contributed by atoms with E-state index in [-0.39, 0.29) is 25.5 Å². The maximum atomic E-state index is 12.0. The van der Waals surface area contributed by atoms with E-state index >= 15 is 0 Å². The molecular weight excluding hydrogens is 194 g/mol.